The Morgan fingerprint density at radius 1 is 1.22 bits per heavy atom. The monoisotopic (exact) mass is 363 g/mol. The Morgan fingerprint density at radius 3 is 2.96 bits per heavy atom. The maximum absolute atomic E-state index is 5.59. The van der Waals surface area contributed by atoms with Crippen LogP contribution in [0.15, 0.2) is 47.1 Å². The average Bonchev–Trinajstić information content (AvgIpc) is 3.06. The second kappa shape index (κ2) is 7.77. The van der Waals surface area contributed by atoms with Crippen LogP contribution in [0.4, 0.5) is 0 Å². The lowest BCUT2D eigenvalue weighted by molar-refractivity contribution is 0.299. The highest BCUT2D eigenvalue weighted by Gasteiger charge is 2.23. The van der Waals surface area contributed by atoms with Crippen LogP contribution in [0, 0.1) is 6.92 Å². The number of likely N-dealkylation sites (N-methyl/N-ethyl adjacent to an activating group) is 1. The summed E-state index contributed by atoms with van der Waals surface area (Å²) in [5.41, 5.74) is 6.49. The minimum Gasteiger partial charge on any atom is -0.496 e. The molecule has 0 N–H and O–H groups in total. The summed E-state index contributed by atoms with van der Waals surface area (Å²) in [6.45, 7) is 4.28. The molecule has 0 amide bonds. The molecule has 4 rings (SSSR count). The van der Waals surface area contributed by atoms with Crippen LogP contribution in [-0.2, 0) is 12.8 Å². The maximum atomic E-state index is 5.59. The van der Waals surface area contributed by atoms with Gasteiger partial charge in [0, 0.05) is 18.5 Å². The van der Waals surface area contributed by atoms with Gasteiger partial charge in [0.15, 0.2) is 0 Å². The number of hydrogen-bond acceptors (Lipinski definition) is 3. The molecule has 1 heterocycles. The summed E-state index contributed by atoms with van der Waals surface area (Å²) in [5, 5.41) is 1.24. The quantitative estimate of drug-likeness (QED) is 0.591. The molecule has 1 aliphatic carbocycles. The highest BCUT2D eigenvalue weighted by Crippen LogP contribution is 2.36. The highest BCUT2D eigenvalue weighted by molar-refractivity contribution is 5.81. The number of benzene rings is 2. The lowest BCUT2D eigenvalue weighted by Crippen LogP contribution is -2.28. The first-order chi connectivity index (χ1) is 13.2. The second-order valence-corrected chi connectivity index (χ2v) is 7.88. The molecule has 2 aromatic carbocycles. The Morgan fingerprint density at radius 2 is 2.11 bits per heavy atom. The third kappa shape index (κ3) is 3.74. The zero-order valence-electron chi connectivity index (χ0n) is 16.6. The van der Waals surface area contributed by atoms with Crippen molar-refractivity contribution < 1.29 is 9.15 Å². The number of nitrogens with zero attached hydrogens (tertiary/aromatic N) is 1. The molecule has 0 aliphatic heterocycles. The number of rotatable bonds is 6. The van der Waals surface area contributed by atoms with E-state index in [0.717, 1.165) is 37.3 Å². The van der Waals surface area contributed by atoms with Crippen LogP contribution >= 0.6 is 0 Å². The summed E-state index contributed by atoms with van der Waals surface area (Å²) in [5.74, 6) is 1.66. The van der Waals surface area contributed by atoms with Gasteiger partial charge in [-0.3, -0.25) is 0 Å². The van der Waals surface area contributed by atoms with Crippen molar-refractivity contribution in [3.63, 3.8) is 0 Å². The largest absolute Gasteiger partial charge is 0.496 e. The molecule has 3 aromatic rings. The molecular formula is C24H29NO2. The van der Waals surface area contributed by atoms with Crippen molar-refractivity contribution in [2.45, 2.75) is 38.5 Å². The van der Waals surface area contributed by atoms with E-state index >= 15 is 0 Å². The van der Waals surface area contributed by atoms with Gasteiger partial charge in [-0.25, -0.2) is 0 Å². The smallest absolute Gasteiger partial charge is 0.134 e. The van der Waals surface area contributed by atoms with Gasteiger partial charge in [0.1, 0.15) is 11.3 Å². The van der Waals surface area contributed by atoms with E-state index in [9.17, 15) is 0 Å². The average molecular weight is 364 g/mol. The molecule has 1 atom stereocenters. The van der Waals surface area contributed by atoms with Gasteiger partial charge in [-0.05, 0) is 86.0 Å². The maximum Gasteiger partial charge on any atom is 0.134 e. The predicted molar refractivity (Wildman–Crippen MR) is 111 cm³/mol. The van der Waals surface area contributed by atoms with E-state index in [1.165, 1.54) is 40.5 Å². The van der Waals surface area contributed by atoms with Gasteiger partial charge in [-0.1, -0.05) is 18.2 Å². The van der Waals surface area contributed by atoms with Crippen molar-refractivity contribution in [2.75, 3.05) is 27.2 Å². The molecule has 0 bridgehead atoms. The lowest BCUT2D eigenvalue weighted by Gasteiger charge is -2.30. The van der Waals surface area contributed by atoms with Crippen LogP contribution in [0.1, 0.15) is 41.0 Å². The van der Waals surface area contributed by atoms with Crippen molar-refractivity contribution >= 4 is 11.0 Å². The molecule has 1 aromatic heterocycles. The van der Waals surface area contributed by atoms with E-state index in [-0.39, 0.29) is 0 Å². The van der Waals surface area contributed by atoms with Gasteiger partial charge in [0.2, 0.25) is 0 Å². The summed E-state index contributed by atoms with van der Waals surface area (Å²) in [4.78, 5) is 2.48. The van der Waals surface area contributed by atoms with Crippen molar-refractivity contribution in [3.8, 4) is 5.75 Å². The first kappa shape index (κ1) is 18.1. The molecule has 1 aliphatic rings. The molecule has 3 nitrogen and oxygen atoms in total. The first-order valence-corrected chi connectivity index (χ1v) is 9.96. The molecule has 142 valence electrons. The van der Waals surface area contributed by atoms with Crippen LogP contribution in [-0.4, -0.2) is 32.1 Å². The predicted octanol–water partition coefficient (Wildman–Crippen LogP) is 5.34. The van der Waals surface area contributed by atoms with Crippen molar-refractivity contribution in [1.29, 1.82) is 0 Å². The summed E-state index contributed by atoms with van der Waals surface area (Å²) >= 11 is 0. The minimum atomic E-state index is 0.604. The van der Waals surface area contributed by atoms with E-state index in [1.54, 1.807) is 7.11 Å². The van der Waals surface area contributed by atoms with E-state index < -0.39 is 0 Å². The normalized spacial score (nSPS) is 16.7. The van der Waals surface area contributed by atoms with Crippen LogP contribution in [0.25, 0.3) is 11.0 Å². The van der Waals surface area contributed by atoms with Crippen molar-refractivity contribution in [2.24, 2.45) is 0 Å². The third-order valence-electron chi connectivity index (χ3n) is 5.95. The van der Waals surface area contributed by atoms with Gasteiger partial charge < -0.3 is 14.1 Å². The van der Waals surface area contributed by atoms with Gasteiger partial charge in [-0.15, -0.1) is 0 Å². The molecule has 27 heavy (non-hydrogen) atoms. The number of furan rings is 1. The van der Waals surface area contributed by atoms with Crippen molar-refractivity contribution in [3.05, 3.63) is 64.9 Å². The second-order valence-electron chi connectivity index (χ2n) is 7.88. The van der Waals surface area contributed by atoms with E-state index in [0.29, 0.717) is 5.92 Å². The first-order valence-electron chi connectivity index (χ1n) is 9.96. The number of hydrogen-bond donors (Lipinski definition) is 0. The fourth-order valence-corrected chi connectivity index (χ4v) is 4.44. The van der Waals surface area contributed by atoms with Gasteiger partial charge in [-0.2, -0.15) is 0 Å². The van der Waals surface area contributed by atoms with Crippen LogP contribution in [0.5, 0.6) is 5.75 Å². The fraction of sp³-hybridized carbons (Fsp3) is 0.417. The molecular weight excluding hydrogens is 334 g/mol. The Bertz CT molecular complexity index is 927. The number of fused-ring (bicyclic) bond motifs is 2. The zero-order valence-corrected chi connectivity index (χ0v) is 16.6. The van der Waals surface area contributed by atoms with Crippen LogP contribution in [0.2, 0.25) is 0 Å². The molecule has 0 spiro atoms. The minimum absolute atomic E-state index is 0.604. The van der Waals surface area contributed by atoms with E-state index in [1.807, 2.05) is 6.26 Å². The lowest BCUT2D eigenvalue weighted by atomic mass is 9.82. The molecule has 0 radical (unpaired) electrons. The van der Waals surface area contributed by atoms with Crippen LogP contribution in [0.3, 0.4) is 0 Å². The van der Waals surface area contributed by atoms with E-state index in [4.69, 9.17) is 9.15 Å². The summed E-state index contributed by atoms with van der Waals surface area (Å²) in [6.07, 6.45) is 6.57. The SMILES string of the molecule is COc1cccc2c1CCC[C@H]2CN(C)CCc1ccc2occ(C)c2c1. The molecule has 3 heteroatoms. The Hall–Kier alpha value is -2.26. The number of aryl methyl sites for hydroxylation is 1. The third-order valence-corrected chi connectivity index (χ3v) is 5.95. The topological polar surface area (TPSA) is 25.6 Å². The molecule has 0 saturated heterocycles. The van der Waals surface area contributed by atoms with Gasteiger partial charge in [0.05, 0.1) is 13.4 Å². The van der Waals surface area contributed by atoms with Gasteiger partial charge in [0.25, 0.3) is 0 Å². The Balaban J connectivity index is 1.41. The van der Waals surface area contributed by atoms with Crippen LogP contribution < -0.4 is 4.74 Å². The standard InChI is InChI=1S/C24H29NO2/c1-17-16-27-24-11-10-18(14-22(17)24)12-13-25(2)15-19-6-4-8-21-20(19)7-5-9-23(21)26-3/h5,7,9-11,14,16,19H,4,6,8,12-13,15H2,1-3H3/t19-/m0/s1. The number of methoxy groups -OCH3 is 1. The Labute approximate surface area is 161 Å². The zero-order chi connectivity index (χ0) is 18.8. The van der Waals surface area contributed by atoms with Gasteiger partial charge >= 0.3 is 0 Å². The summed E-state index contributed by atoms with van der Waals surface area (Å²) in [6, 6.07) is 13.1. The fourth-order valence-electron chi connectivity index (χ4n) is 4.44. The molecule has 0 unspecified atom stereocenters. The van der Waals surface area contributed by atoms with Crippen molar-refractivity contribution in [1.82, 2.24) is 4.90 Å². The molecule has 0 fully saturated rings. The summed E-state index contributed by atoms with van der Waals surface area (Å²) < 4.78 is 11.1. The summed E-state index contributed by atoms with van der Waals surface area (Å²) in [7, 11) is 4.03. The highest BCUT2D eigenvalue weighted by atomic mass is 16.5. The molecule has 0 saturated carbocycles. The Kier molecular flexibility index (Phi) is 5.22. The number of ether oxygens (including phenoxy) is 1. The van der Waals surface area contributed by atoms with E-state index in [2.05, 4.69) is 55.3 Å².